The molecule has 4 heterocycles. The van der Waals surface area contributed by atoms with Gasteiger partial charge in [-0.3, -0.25) is 4.79 Å². The van der Waals surface area contributed by atoms with Gasteiger partial charge in [0.2, 0.25) is 0 Å². The summed E-state index contributed by atoms with van der Waals surface area (Å²) in [4.78, 5) is 25.6. The van der Waals surface area contributed by atoms with Gasteiger partial charge in [0.25, 0.3) is 5.56 Å². The second kappa shape index (κ2) is 7.61. The molecule has 0 unspecified atom stereocenters. The second-order valence-electron chi connectivity index (χ2n) is 7.48. The molecule has 29 heavy (non-hydrogen) atoms. The molecule has 5 rings (SSSR count). The number of benzene rings is 1. The molecule has 1 aromatic carbocycles. The third-order valence-electron chi connectivity index (χ3n) is 5.50. The van der Waals surface area contributed by atoms with Crippen molar-refractivity contribution in [2.45, 2.75) is 32.7 Å². The van der Waals surface area contributed by atoms with Gasteiger partial charge in [-0.15, -0.1) is 16.4 Å². The molecule has 7 nitrogen and oxygen atoms in total. The van der Waals surface area contributed by atoms with E-state index in [9.17, 15) is 4.79 Å². The first-order chi connectivity index (χ1) is 14.2. The van der Waals surface area contributed by atoms with E-state index in [0.29, 0.717) is 22.6 Å². The summed E-state index contributed by atoms with van der Waals surface area (Å²) in [5.74, 6) is 0.667. The van der Waals surface area contributed by atoms with Crippen LogP contribution in [0, 0.1) is 6.92 Å². The molecule has 0 spiro atoms. The molecule has 8 heteroatoms. The summed E-state index contributed by atoms with van der Waals surface area (Å²) >= 11 is 1.39. The molecule has 3 aromatic heterocycles. The highest BCUT2D eigenvalue weighted by atomic mass is 32.1. The summed E-state index contributed by atoms with van der Waals surface area (Å²) in [6, 6.07) is 9.88. The van der Waals surface area contributed by atoms with Gasteiger partial charge >= 0.3 is 0 Å². The van der Waals surface area contributed by atoms with Crippen LogP contribution in [-0.4, -0.2) is 49.5 Å². The van der Waals surface area contributed by atoms with Gasteiger partial charge in [-0.2, -0.15) is 0 Å². The Hall–Kier alpha value is -2.71. The van der Waals surface area contributed by atoms with E-state index in [4.69, 9.17) is 4.98 Å². The summed E-state index contributed by atoms with van der Waals surface area (Å²) < 4.78 is 2.10. The average molecular weight is 407 g/mol. The Morgan fingerprint density at radius 3 is 2.62 bits per heavy atom. The van der Waals surface area contributed by atoms with Gasteiger partial charge in [-0.1, -0.05) is 42.0 Å². The number of likely N-dealkylation sites (tertiary alicyclic amines) is 1. The number of aromatic nitrogens is 5. The minimum absolute atomic E-state index is 0.0873. The average Bonchev–Trinajstić information content (AvgIpc) is 3.15. The summed E-state index contributed by atoms with van der Waals surface area (Å²) in [5, 5.41) is 9.43. The van der Waals surface area contributed by atoms with E-state index in [0.717, 1.165) is 41.1 Å². The second-order valence-corrected chi connectivity index (χ2v) is 8.48. The lowest BCUT2D eigenvalue weighted by molar-refractivity contribution is 0.216. The highest BCUT2D eigenvalue weighted by Crippen LogP contribution is 2.32. The van der Waals surface area contributed by atoms with Crippen LogP contribution in [0.1, 0.15) is 25.0 Å². The minimum atomic E-state index is -0.0873. The van der Waals surface area contributed by atoms with Crippen LogP contribution >= 0.6 is 11.3 Å². The third kappa shape index (κ3) is 3.42. The maximum absolute atomic E-state index is 13.0. The quantitative estimate of drug-likeness (QED) is 0.518. The molecule has 0 atom stereocenters. The van der Waals surface area contributed by atoms with Crippen molar-refractivity contribution in [2.75, 3.05) is 19.6 Å². The molecule has 1 saturated heterocycles. The van der Waals surface area contributed by atoms with Gasteiger partial charge in [0.15, 0.2) is 5.82 Å². The Morgan fingerprint density at radius 1 is 1.03 bits per heavy atom. The van der Waals surface area contributed by atoms with E-state index in [1.807, 2.05) is 37.3 Å². The first-order valence-electron chi connectivity index (χ1n) is 10.0. The number of aryl methyl sites for hydroxylation is 1. The van der Waals surface area contributed by atoms with E-state index in [-0.39, 0.29) is 5.56 Å². The van der Waals surface area contributed by atoms with Crippen LogP contribution in [-0.2, 0) is 6.54 Å². The first kappa shape index (κ1) is 18.3. The Labute approximate surface area is 172 Å². The van der Waals surface area contributed by atoms with Crippen molar-refractivity contribution in [3.8, 4) is 11.4 Å². The van der Waals surface area contributed by atoms with Crippen molar-refractivity contribution in [1.82, 2.24) is 29.9 Å². The molecular formula is C21H22N6OS. The zero-order valence-corrected chi connectivity index (χ0v) is 17.2. The predicted molar refractivity (Wildman–Crippen MR) is 115 cm³/mol. The maximum atomic E-state index is 13.0. The van der Waals surface area contributed by atoms with E-state index in [1.54, 1.807) is 0 Å². The van der Waals surface area contributed by atoms with Gasteiger partial charge in [-0.25, -0.2) is 14.6 Å². The molecule has 0 N–H and O–H groups in total. The van der Waals surface area contributed by atoms with E-state index in [2.05, 4.69) is 20.2 Å². The molecular weight excluding hydrogens is 384 g/mol. The summed E-state index contributed by atoms with van der Waals surface area (Å²) in [6.45, 7) is 5.54. The van der Waals surface area contributed by atoms with Crippen LogP contribution in [0.2, 0.25) is 0 Å². The smallest absolute Gasteiger partial charge is 0.287 e. The Kier molecular flexibility index (Phi) is 4.81. The summed E-state index contributed by atoms with van der Waals surface area (Å²) in [7, 11) is 0. The van der Waals surface area contributed by atoms with Gasteiger partial charge < -0.3 is 4.90 Å². The van der Waals surface area contributed by atoms with Crippen molar-refractivity contribution in [1.29, 1.82) is 0 Å². The van der Waals surface area contributed by atoms with Crippen LogP contribution in [0.25, 0.3) is 31.8 Å². The van der Waals surface area contributed by atoms with Crippen LogP contribution < -0.4 is 5.56 Å². The molecule has 0 bridgehead atoms. The van der Waals surface area contributed by atoms with E-state index in [1.165, 1.54) is 35.3 Å². The number of fused-ring (bicyclic) bond motifs is 3. The van der Waals surface area contributed by atoms with Crippen molar-refractivity contribution in [3.05, 3.63) is 46.4 Å². The molecule has 0 amide bonds. The highest BCUT2D eigenvalue weighted by Gasteiger charge is 2.18. The number of hydrogen-bond donors (Lipinski definition) is 0. The third-order valence-corrected chi connectivity index (χ3v) is 6.56. The molecule has 4 aromatic rings. The topological polar surface area (TPSA) is 76.8 Å². The standard InChI is InChI=1S/C21H22N6OS/c1-14-16-17-18(29-20(16)23-19(22-14)15-8-4-2-5-9-15)21(28)27(25-24-17)13-12-26-10-6-3-7-11-26/h2,4-5,8-9H,3,6-7,10-13H2,1H3. The largest absolute Gasteiger partial charge is 0.301 e. The fraction of sp³-hybridized carbons (Fsp3) is 0.381. The normalized spacial score (nSPS) is 15.3. The highest BCUT2D eigenvalue weighted by molar-refractivity contribution is 7.25. The van der Waals surface area contributed by atoms with Crippen molar-refractivity contribution in [2.24, 2.45) is 0 Å². The van der Waals surface area contributed by atoms with Gasteiger partial charge in [-0.05, 0) is 32.9 Å². The number of nitrogens with zero attached hydrogens (tertiary/aromatic N) is 6. The molecule has 1 aliphatic rings. The number of hydrogen-bond acceptors (Lipinski definition) is 7. The van der Waals surface area contributed by atoms with Crippen molar-refractivity contribution < 1.29 is 0 Å². The lowest BCUT2D eigenvalue weighted by Crippen LogP contribution is -2.35. The van der Waals surface area contributed by atoms with Crippen LogP contribution in [0.3, 0.4) is 0 Å². The molecule has 0 aliphatic carbocycles. The Bertz CT molecular complexity index is 1230. The SMILES string of the molecule is Cc1nc(-c2ccccc2)nc2sc3c(=O)n(CCN4CCCCC4)nnc3c12. The van der Waals surface area contributed by atoms with Crippen LogP contribution in [0.5, 0.6) is 0 Å². The van der Waals surface area contributed by atoms with E-state index >= 15 is 0 Å². The molecule has 0 radical (unpaired) electrons. The molecule has 148 valence electrons. The molecule has 1 aliphatic heterocycles. The Balaban J connectivity index is 1.53. The van der Waals surface area contributed by atoms with Gasteiger partial charge in [0, 0.05) is 12.1 Å². The zero-order chi connectivity index (χ0) is 19.8. The van der Waals surface area contributed by atoms with Gasteiger partial charge in [0.05, 0.1) is 17.6 Å². The molecule has 0 saturated carbocycles. The number of rotatable bonds is 4. The Morgan fingerprint density at radius 2 is 1.83 bits per heavy atom. The predicted octanol–water partition coefficient (Wildman–Crippen LogP) is 3.26. The number of piperidine rings is 1. The van der Waals surface area contributed by atoms with E-state index < -0.39 is 0 Å². The van der Waals surface area contributed by atoms with Crippen LogP contribution in [0.15, 0.2) is 35.1 Å². The lowest BCUT2D eigenvalue weighted by Gasteiger charge is -2.26. The van der Waals surface area contributed by atoms with Crippen LogP contribution in [0.4, 0.5) is 0 Å². The lowest BCUT2D eigenvalue weighted by atomic mass is 10.1. The summed E-state index contributed by atoms with van der Waals surface area (Å²) in [6.07, 6.45) is 3.77. The van der Waals surface area contributed by atoms with Gasteiger partial charge in [0.1, 0.15) is 15.0 Å². The fourth-order valence-corrected chi connectivity index (χ4v) is 5.03. The monoisotopic (exact) mass is 406 g/mol. The fourth-order valence-electron chi connectivity index (χ4n) is 3.93. The zero-order valence-electron chi connectivity index (χ0n) is 16.3. The first-order valence-corrected chi connectivity index (χ1v) is 10.8. The summed E-state index contributed by atoms with van der Waals surface area (Å²) in [5.41, 5.74) is 2.30. The minimum Gasteiger partial charge on any atom is -0.301 e. The van der Waals surface area contributed by atoms with Crippen molar-refractivity contribution >= 4 is 31.8 Å². The van der Waals surface area contributed by atoms with Crippen molar-refractivity contribution in [3.63, 3.8) is 0 Å². The molecule has 1 fully saturated rings. The maximum Gasteiger partial charge on any atom is 0.287 e. The number of thiophene rings is 1.